The third-order valence-electron chi connectivity index (χ3n) is 3.74. The maximum atomic E-state index is 11.3. The average molecular weight is 351 g/mol. The van der Waals surface area contributed by atoms with E-state index in [1.807, 2.05) is 42.5 Å². The third kappa shape index (κ3) is 3.03. The van der Waals surface area contributed by atoms with Gasteiger partial charge in [-0.3, -0.25) is 9.78 Å². The summed E-state index contributed by atoms with van der Waals surface area (Å²) in [6.45, 7) is 0. The predicted molar refractivity (Wildman–Crippen MR) is 93.5 cm³/mol. The van der Waals surface area contributed by atoms with Crippen molar-refractivity contribution in [1.82, 2.24) is 19.9 Å². The van der Waals surface area contributed by atoms with Gasteiger partial charge < -0.3 is 5.11 Å². The van der Waals surface area contributed by atoms with E-state index in [4.69, 9.17) is 5.10 Å². The summed E-state index contributed by atoms with van der Waals surface area (Å²) in [5.41, 5.74) is 2.44. The molecule has 3 aromatic rings. The topological polar surface area (TPSA) is 93.3 Å². The Morgan fingerprint density at radius 1 is 1.08 bits per heavy atom. The van der Waals surface area contributed by atoms with Crippen molar-refractivity contribution in [2.75, 3.05) is 0 Å². The lowest BCUT2D eigenvalue weighted by Gasteiger charge is -2.22. The number of hydrogen-bond acceptors (Lipinski definition) is 6. The van der Waals surface area contributed by atoms with Gasteiger partial charge in [0.2, 0.25) is 5.16 Å². The van der Waals surface area contributed by atoms with Gasteiger partial charge in [-0.25, -0.2) is 0 Å². The molecule has 0 radical (unpaired) electrons. The van der Waals surface area contributed by atoms with Gasteiger partial charge in [-0.2, -0.15) is 9.78 Å². The highest BCUT2D eigenvalue weighted by molar-refractivity contribution is 8.00. The van der Waals surface area contributed by atoms with Gasteiger partial charge in [0.25, 0.3) is 0 Å². The van der Waals surface area contributed by atoms with Crippen LogP contribution in [-0.4, -0.2) is 41.9 Å². The molecule has 4 rings (SSSR count). The summed E-state index contributed by atoms with van der Waals surface area (Å²) in [5, 5.41) is 22.6. The summed E-state index contributed by atoms with van der Waals surface area (Å²) in [4.78, 5) is 15.3. The Kier molecular flexibility index (Phi) is 4.02. The highest BCUT2D eigenvalue weighted by atomic mass is 32.2. The van der Waals surface area contributed by atoms with Crippen LogP contribution in [0.25, 0.3) is 11.4 Å². The Bertz CT molecular complexity index is 940. The molecule has 124 valence electrons. The first kappa shape index (κ1) is 15.5. The zero-order chi connectivity index (χ0) is 17.2. The number of rotatable bonds is 4. The zero-order valence-electron chi connectivity index (χ0n) is 13.0. The highest BCUT2D eigenvalue weighted by Crippen LogP contribution is 2.34. The van der Waals surface area contributed by atoms with Crippen molar-refractivity contribution in [2.45, 2.75) is 16.8 Å². The summed E-state index contributed by atoms with van der Waals surface area (Å²) < 4.78 is 1.67. The van der Waals surface area contributed by atoms with E-state index < -0.39 is 5.97 Å². The molecule has 1 aliphatic heterocycles. The number of nitrogens with zero attached hydrogens (tertiary/aromatic N) is 5. The molecule has 1 aliphatic rings. The summed E-state index contributed by atoms with van der Waals surface area (Å²) >= 11 is 1.37. The average Bonchev–Trinajstić information content (AvgIpc) is 3.05. The van der Waals surface area contributed by atoms with Gasteiger partial charge in [-0.05, 0) is 17.7 Å². The number of hydrogen-bond donors (Lipinski definition) is 1. The van der Waals surface area contributed by atoms with E-state index in [1.165, 1.54) is 11.8 Å². The molecule has 1 unspecified atom stereocenters. The predicted octanol–water partition coefficient (Wildman–Crippen LogP) is 2.54. The Hall–Kier alpha value is -3.00. The molecule has 1 N–H and O–H groups in total. The molecule has 1 aromatic carbocycles. The van der Waals surface area contributed by atoms with Crippen molar-refractivity contribution in [3.05, 3.63) is 60.4 Å². The van der Waals surface area contributed by atoms with Crippen LogP contribution in [0.3, 0.4) is 0 Å². The second kappa shape index (κ2) is 6.48. The molecule has 0 fully saturated rings. The van der Waals surface area contributed by atoms with E-state index in [2.05, 4.69) is 15.2 Å². The van der Waals surface area contributed by atoms with Gasteiger partial charge in [-0.15, -0.1) is 10.2 Å². The van der Waals surface area contributed by atoms with E-state index in [0.29, 0.717) is 16.7 Å². The van der Waals surface area contributed by atoms with Crippen LogP contribution in [0.4, 0.5) is 0 Å². The van der Waals surface area contributed by atoms with Crippen LogP contribution in [0.15, 0.2) is 65.1 Å². The highest BCUT2D eigenvalue weighted by Gasteiger charge is 2.30. The standard InChI is InChI=1S/C17H13N5O2S/c23-14(24)10-13-15(11-4-2-1-3-5-11)21-22-16(19-20-17(22)25-13)12-6-8-18-9-7-12/h1-9,13H,10H2,(H,23,24). The first-order valence-corrected chi connectivity index (χ1v) is 8.49. The zero-order valence-corrected chi connectivity index (χ0v) is 13.8. The van der Waals surface area contributed by atoms with E-state index in [9.17, 15) is 9.90 Å². The van der Waals surface area contributed by atoms with Crippen molar-refractivity contribution in [3.63, 3.8) is 0 Å². The number of benzene rings is 1. The SMILES string of the molecule is O=C(O)CC1Sc2nnc(-c3ccncc3)n2N=C1c1ccccc1. The van der Waals surface area contributed by atoms with Gasteiger partial charge in [0.1, 0.15) is 0 Å². The third-order valence-corrected chi connectivity index (χ3v) is 4.88. The van der Waals surface area contributed by atoms with E-state index in [-0.39, 0.29) is 11.7 Å². The van der Waals surface area contributed by atoms with E-state index in [1.54, 1.807) is 17.1 Å². The summed E-state index contributed by atoms with van der Waals surface area (Å²) in [7, 11) is 0. The Labute approximate surface area is 147 Å². The molecule has 0 saturated carbocycles. The summed E-state index contributed by atoms with van der Waals surface area (Å²) in [5.74, 6) is -0.268. The van der Waals surface area contributed by atoms with Gasteiger partial charge in [-0.1, -0.05) is 42.1 Å². The summed E-state index contributed by atoms with van der Waals surface area (Å²) in [6, 6.07) is 13.3. The molecule has 0 bridgehead atoms. The number of fused-ring (bicyclic) bond motifs is 1. The largest absolute Gasteiger partial charge is 0.481 e. The van der Waals surface area contributed by atoms with E-state index >= 15 is 0 Å². The maximum Gasteiger partial charge on any atom is 0.304 e. The second-order valence-electron chi connectivity index (χ2n) is 5.41. The number of carboxylic acids is 1. The van der Waals surface area contributed by atoms with Crippen LogP contribution in [-0.2, 0) is 4.79 Å². The minimum absolute atomic E-state index is 0.0319. The molecule has 0 aliphatic carbocycles. The number of aromatic nitrogens is 4. The molecule has 3 heterocycles. The molecular formula is C17H13N5O2S. The van der Waals surface area contributed by atoms with Gasteiger partial charge in [0.15, 0.2) is 5.82 Å². The first-order chi connectivity index (χ1) is 12.2. The monoisotopic (exact) mass is 351 g/mol. The van der Waals surface area contributed by atoms with Gasteiger partial charge in [0.05, 0.1) is 17.4 Å². The number of aliphatic carboxylic acids is 1. The van der Waals surface area contributed by atoms with Crippen molar-refractivity contribution >= 4 is 23.4 Å². The first-order valence-electron chi connectivity index (χ1n) is 7.61. The maximum absolute atomic E-state index is 11.3. The lowest BCUT2D eigenvalue weighted by Crippen LogP contribution is -2.27. The Morgan fingerprint density at radius 2 is 1.84 bits per heavy atom. The molecule has 0 spiro atoms. The Morgan fingerprint density at radius 3 is 2.56 bits per heavy atom. The normalized spacial score (nSPS) is 16.2. The fourth-order valence-electron chi connectivity index (χ4n) is 2.61. The lowest BCUT2D eigenvalue weighted by molar-refractivity contribution is -0.136. The van der Waals surface area contributed by atoms with Gasteiger partial charge in [0, 0.05) is 18.0 Å². The quantitative estimate of drug-likeness (QED) is 0.776. The lowest BCUT2D eigenvalue weighted by atomic mass is 10.1. The Balaban J connectivity index is 1.83. The van der Waals surface area contributed by atoms with Crippen molar-refractivity contribution in [3.8, 4) is 11.4 Å². The number of pyridine rings is 1. The van der Waals surface area contributed by atoms with Crippen LogP contribution in [0.2, 0.25) is 0 Å². The van der Waals surface area contributed by atoms with Crippen LogP contribution in [0, 0.1) is 0 Å². The molecular weight excluding hydrogens is 338 g/mol. The number of carbonyl (C=O) groups is 1. The van der Waals surface area contributed by atoms with Crippen molar-refractivity contribution < 1.29 is 9.90 Å². The van der Waals surface area contributed by atoms with Crippen LogP contribution < -0.4 is 0 Å². The summed E-state index contributed by atoms with van der Waals surface area (Å²) in [6.07, 6.45) is 3.33. The van der Waals surface area contributed by atoms with Crippen LogP contribution in [0.5, 0.6) is 0 Å². The van der Waals surface area contributed by atoms with Crippen molar-refractivity contribution in [1.29, 1.82) is 0 Å². The smallest absolute Gasteiger partial charge is 0.304 e. The van der Waals surface area contributed by atoms with Crippen molar-refractivity contribution in [2.24, 2.45) is 5.10 Å². The molecule has 1 atom stereocenters. The number of carboxylic acid groups (broad SMARTS) is 1. The molecule has 8 heteroatoms. The van der Waals surface area contributed by atoms with Crippen LogP contribution in [0.1, 0.15) is 12.0 Å². The van der Waals surface area contributed by atoms with Crippen LogP contribution >= 0.6 is 11.8 Å². The van der Waals surface area contributed by atoms with E-state index in [0.717, 1.165) is 11.1 Å². The van der Waals surface area contributed by atoms with Gasteiger partial charge >= 0.3 is 5.97 Å². The minimum Gasteiger partial charge on any atom is -0.481 e. The molecule has 0 saturated heterocycles. The fraction of sp³-hybridized carbons (Fsp3) is 0.118. The molecule has 2 aromatic heterocycles. The molecule has 25 heavy (non-hydrogen) atoms. The minimum atomic E-state index is -0.872. The number of thioether (sulfide) groups is 1. The molecule has 0 amide bonds. The second-order valence-corrected chi connectivity index (χ2v) is 6.58. The fourth-order valence-corrected chi connectivity index (χ4v) is 3.71. The molecule has 7 nitrogen and oxygen atoms in total.